The summed E-state index contributed by atoms with van der Waals surface area (Å²) in [6, 6.07) is 5.43. The Labute approximate surface area is 149 Å². The van der Waals surface area contributed by atoms with Gasteiger partial charge in [-0.15, -0.1) is 0 Å². The van der Waals surface area contributed by atoms with E-state index in [9.17, 15) is 29.8 Å². The van der Waals surface area contributed by atoms with Crippen molar-refractivity contribution in [3.05, 3.63) is 61.3 Å². The predicted octanol–water partition coefficient (Wildman–Crippen LogP) is 2.93. The van der Waals surface area contributed by atoms with E-state index >= 15 is 0 Å². The van der Waals surface area contributed by atoms with Crippen molar-refractivity contribution in [1.82, 2.24) is 0 Å². The van der Waals surface area contributed by atoms with Crippen LogP contribution in [0.5, 0.6) is 0 Å². The maximum Gasteiger partial charge on any atom is 0.433 e. The van der Waals surface area contributed by atoms with Crippen LogP contribution in [0.25, 0.3) is 0 Å². The number of nitrogens with zero attached hydrogens (tertiary/aromatic N) is 2. The van der Waals surface area contributed by atoms with E-state index in [1.165, 1.54) is 13.0 Å². The van der Waals surface area contributed by atoms with Crippen molar-refractivity contribution in [2.45, 2.75) is 13.0 Å². The second kappa shape index (κ2) is 7.61. The van der Waals surface area contributed by atoms with Crippen molar-refractivity contribution in [3.63, 3.8) is 0 Å². The van der Waals surface area contributed by atoms with Crippen LogP contribution in [0.1, 0.15) is 17.5 Å². The molecular formula is C14H10ClN3O8. The molecule has 0 saturated carbocycles. The van der Waals surface area contributed by atoms with Crippen LogP contribution in [0.3, 0.4) is 0 Å². The van der Waals surface area contributed by atoms with Crippen LogP contribution < -0.4 is 5.32 Å². The Balaban J connectivity index is 2.05. The predicted molar refractivity (Wildman–Crippen MR) is 87.0 cm³/mol. The van der Waals surface area contributed by atoms with Crippen LogP contribution in [0.15, 0.2) is 34.7 Å². The van der Waals surface area contributed by atoms with Gasteiger partial charge in [-0.05, 0) is 19.1 Å². The SMILES string of the molecule is CC(OC(=O)c1ccc([N+](=O)[O-])o1)C(=O)Nc1cc([N+](=O)[O-])ccc1Cl. The molecule has 2 rings (SSSR count). The van der Waals surface area contributed by atoms with Gasteiger partial charge in [-0.2, -0.15) is 0 Å². The normalized spacial score (nSPS) is 11.5. The Morgan fingerprint density at radius 2 is 1.88 bits per heavy atom. The molecule has 136 valence electrons. The van der Waals surface area contributed by atoms with Crippen LogP contribution in [-0.2, 0) is 9.53 Å². The highest BCUT2D eigenvalue weighted by Gasteiger charge is 2.24. The molecule has 0 aliphatic carbocycles. The van der Waals surface area contributed by atoms with Crippen molar-refractivity contribution in [2.24, 2.45) is 0 Å². The maximum atomic E-state index is 12.1. The fourth-order valence-corrected chi connectivity index (χ4v) is 1.93. The molecule has 1 unspecified atom stereocenters. The summed E-state index contributed by atoms with van der Waals surface area (Å²) in [5.74, 6) is -3.02. The van der Waals surface area contributed by atoms with Gasteiger partial charge in [0.15, 0.2) is 6.10 Å². The van der Waals surface area contributed by atoms with Crippen LogP contribution >= 0.6 is 11.6 Å². The first kappa shape index (κ1) is 18.9. The lowest BCUT2D eigenvalue weighted by atomic mass is 10.2. The Bertz CT molecular complexity index is 894. The number of furan rings is 1. The lowest BCUT2D eigenvalue weighted by Gasteiger charge is -2.13. The molecule has 0 spiro atoms. The molecule has 1 amide bonds. The van der Waals surface area contributed by atoms with E-state index in [1.807, 2.05) is 0 Å². The summed E-state index contributed by atoms with van der Waals surface area (Å²) in [6.45, 7) is 1.23. The smallest absolute Gasteiger partial charge is 0.433 e. The van der Waals surface area contributed by atoms with Gasteiger partial charge < -0.3 is 14.5 Å². The third-order valence-corrected chi connectivity index (χ3v) is 3.37. The average molecular weight is 384 g/mol. The van der Waals surface area contributed by atoms with E-state index in [1.54, 1.807) is 0 Å². The first-order valence-corrected chi connectivity index (χ1v) is 7.27. The Morgan fingerprint density at radius 1 is 1.19 bits per heavy atom. The van der Waals surface area contributed by atoms with E-state index in [4.69, 9.17) is 16.3 Å². The molecule has 1 heterocycles. The van der Waals surface area contributed by atoms with Crippen molar-refractivity contribution in [2.75, 3.05) is 5.32 Å². The highest BCUT2D eigenvalue weighted by Crippen LogP contribution is 2.27. The minimum absolute atomic E-state index is 0.0394. The van der Waals surface area contributed by atoms with Crippen LogP contribution in [0, 0.1) is 20.2 Å². The van der Waals surface area contributed by atoms with Crippen molar-refractivity contribution in [3.8, 4) is 0 Å². The van der Waals surface area contributed by atoms with Crippen LogP contribution in [0.2, 0.25) is 5.02 Å². The van der Waals surface area contributed by atoms with Crippen LogP contribution in [-0.4, -0.2) is 27.8 Å². The summed E-state index contributed by atoms with van der Waals surface area (Å²) in [5, 5.41) is 23.6. The number of halogens is 1. The molecule has 0 saturated heterocycles. The zero-order valence-electron chi connectivity index (χ0n) is 13.0. The topological polar surface area (TPSA) is 155 Å². The molecule has 1 aromatic heterocycles. The summed E-state index contributed by atoms with van der Waals surface area (Å²) in [5.41, 5.74) is -0.334. The van der Waals surface area contributed by atoms with Gasteiger partial charge in [-0.25, -0.2) is 4.79 Å². The van der Waals surface area contributed by atoms with Gasteiger partial charge in [0, 0.05) is 12.1 Å². The Hall–Kier alpha value is -3.47. The fourth-order valence-electron chi connectivity index (χ4n) is 1.76. The molecule has 0 bridgehead atoms. The van der Waals surface area contributed by atoms with E-state index < -0.39 is 39.5 Å². The molecule has 26 heavy (non-hydrogen) atoms. The molecular weight excluding hydrogens is 374 g/mol. The number of ether oxygens (including phenoxy) is 1. The molecule has 0 aliphatic rings. The molecule has 2 aromatic rings. The van der Waals surface area contributed by atoms with Gasteiger partial charge in [0.25, 0.3) is 11.6 Å². The van der Waals surface area contributed by atoms with E-state index in [-0.39, 0.29) is 16.4 Å². The number of non-ortho nitro benzene ring substituents is 1. The number of nitro benzene ring substituents is 1. The number of hydrogen-bond acceptors (Lipinski definition) is 8. The molecule has 0 aliphatic heterocycles. The fraction of sp³-hybridized carbons (Fsp3) is 0.143. The average Bonchev–Trinajstić information content (AvgIpc) is 3.06. The summed E-state index contributed by atoms with van der Waals surface area (Å²) < 4.78 is 9.50. The van der Waals surface area contributed by atoms with Gasteiger partial charge in [0.1, 0.15) is 4.92 Å². The summed E-state index contributed by atoms with van der Waals surface area (Å²) >= 11 is 5.86. The number of benzene rings is 1. The van der Waals surface area contributed by atoms with Gasteiger partial charge in [-0.3, -0.25) is 25.0 Å². The molecule has 0 fully saturated rings. The van der Waals surface area contributed by atoms with Crippen molar-refractivity contribution >= 4 is 40.7 Å². The van der Waals surface area contributed by atoms with Gasteiger partial charge in [0.2, 0.25) is 5.76 Å². The molecule has 1 N–H and O–H groups in total. The number of esters is 1. The Kier molecular flexibility index (Phi) is 5.52. The molecule has 0 radical (unpaired) electrons. The van der Waals surface area contributed by atoms with E-state index in [0.29, 0.717) is 0 Å². The summed E-state index contributed by atoms with van der Waals surface area (Å²) in [4.78, 5) is 43.7. The molecule has 1 aromatic carbocycles. The first-order chi connectivity index (χ1) is 12.2. The quantitative estimate of drug-likeness (QED) is 0.453. The number of amides is 1. The van der Waals surface area contributed by atoms with Crippen molar-refractivity contribution < 1.29 is 28.6 Å². The first-order valence-electron chi connectivity index (χ1n) is 6.89. The standard InChI is InChI=1S/C14H10ClN3O8/c1-7(25-14(20)11-4-5-12(26-11)18(23)24)13(19)16-10-6-8(17(21)22)2-3-9(10)15/h2-7H,1H3,(H,16,19). The number of nitrogens with one attached hydrogen (secondary N) is 1. The summed E-state index contributed by atoms with van der Waals surface area (Å²) in [7, 11) is 0. The lowest BCUT2D eigenvalue weighted by Crippen LogP contribution is -2.30. The maximum absolute atomic E-state index is 12.1. The summed E-state index contributed by atoms with van der Waals surface area (Å²) in [6.07, 6.45) is -1.33. The molecule has 11 nitrogen and oxygen atoms in total. The zero-order chi connectivity index (χ0) is 19.4. The van der Waals surface area contributed by atoms with Gasteiger partial charge in [-0.1, -0.05) is 11.6 Å². The second-order valence-corrected chi connectivity index (χ2v) is 5.26. The van der Waals surface area contributed by atoms with Crippen LogP contribution in [0.4, 0.5) is 17.3 Å². The third-order valence-electron chi connectivity index (χ3n) is 3.04. The highest BCUT2D eigenvalue weighted by molar-refractivity contribution is 6.33. The zero-order valence-corrected chi connectivity index (χ0v) is 13.8. The van der Waals surface area contributed by atoms with E-state index in [2.05, 4.69) is 9.73 Å². The number of anilines is 1. The molecule has 1 atom stereocenters. The number of nitro groups is 2. The Morgan fingerprint density at radius 3 is 2.46 bits per heavy atom. The third kappa shape index (κ3) is 4.33. The lowest BCUT2D eigenvalue weighted by molar-refractivity contribution is -0.402. The number of carbonyl (C=O) groups excluding carboxylic acids is 2. The largest absolute Gasteiger partial charge is 0.447 e. The molecule has 12 heteroatoms. The second-order valence-electron chi connectivity index (χ2n) is 4.85. The van der Waals surface area contributed by atoms with Gasteiger partial charge in [0.05, 0.1) is 21.7 Å². The van der Waals surface area contributed by atoms with E-state index in [0.717, 1.165) is 24.3 Å². The number of rotatable bonds is 6. The highest BCUT2D eigenvalue weighted by atomic mass is 35.5. The van der Waals surface area contributed by atoms with Gasteiger partial charge >= 0.3 is 11.9 Å². The monoisotopic (exact) mass is 383 g/mol. The number of hydrogen-bond donors (Lipinski definition) is 1. The minimum Gasteiger partial charge on any atom is -0.447 e. The number of carbonyl (C=O) groups is 2. The minimum atomic E-state index is -1.33. The van der Waals surface area contributed by atoms with Crippen molar-refractivity contribution in [1.29, 1.82) is 0 Å².